The van der Waals surface area contributed by atoms with E-state index in [0.717, 1.165) is 16.3 Å². The van der Waals surface area contributed by atoms with Crippen LogP contribution in [0.25, 0.3) is 10.8 Å². The fourth-order valence-corrected chi connectivity index (χ4v) is 4.88. The van der Waals surface area contributed by atoms with Crippen molar-refractivity contribution in [3.05, 3.63) is 72.3 Å². The van der Waals surface area contributed by atoms with Crippen molar-refractivity contribution in [1.29, 1.82) is 0 Å². The van der Waals surface area contributed by atoms with Gasteiger partial charge in [0.05, 0.1) is 11.3 Å². The van der Waals surface area contributed by atoms with E-state index in [4.69, 9.17) is 4.74 Å². The van der Waals surface area contributed by atoms with E-state index in [-0.39, 0.29) is 11.3 Å². The Kier molecular flexibility index (Phi) is 7.61. The maximum absolute atomic E-state index is 12.5. The minimum absolute atomic E-state index is 0.0621. The highest BCUT2D eigenvalue weighted by molar-refractivity contribution is 7.89. The average Bonchev–Trinajstić information content (AvgIpc) is 2.79. The van der Waals surface area contributed by atoms with Crippen LogP contribution in [-0.2, 0) is 30.8 Å². The fraction of sp³-hybridized carbons (Fsp3) is 0.250. The van der Waals surface area contributed by atoms with Crippen LogP contribution in [-0.4, -0.2) is 44.3 Å². The number of fused-ring (bicyclic) bond motifs is 1. The van der Waals surface area contributed by atoms with Crippen molar-refractivity contribution in [2.24, 2.45) is 0 Å². The van der Waals surface area contributed by atoms with Crippen molar-refractivity contribution in [2.45, 2.75) is 25.2 Å². The first-order valence-corrected chi connectivity index (χ1v) is 11.8. The van der Waals surface area contributed by atoms with Gasteiger partial charge in [0.1, 0.15) is 0 Å². The minimum Gasteiger partial charge on any atom is -0.455 e. The Hall–Kier alpha value is -3.23. The third kappa shape index (κ3) is 5.52. The van der Waals surface area contributed by atoms with Gasteiger partial charge in [-0.2, -0.15) is 4.31 Å². The van der Waals surface area contributed by atoms with Gasteiger partial charge in [-0.25, -0.2) is 8.42 Å². The number of sulfonamides is 1. The lowest BCUT2D eigenvalue weighted by molar-refractivity contribution is -0.146. The molecule has 7 nitrogen and oxygen atoms in total. The maximum atomic E-state index is 12.5. The van der Waals surface area contributed by atoms with Crippen molar-refractivity contribution in [1.82, 2.24) is 4.31 Å². The number of amides is 1. The van der Waals surface area contributed by atoms with Gasteiger partial charge in [0.25, 0.3) is 5.91 Å². The molecule has 0 aliphatic heterocycles. The number of benzene rings is 3. The van der Waals surface area contributed by atoms with E-state index in [1.54, 1.807) is 13.8 Å². The molecule has 0 aromatic heterocycles. The van der Waals surface area contributed by atoms with E-state index in [9.17, 15) is 18.0 Å². The number of anilines is 1. The van der Waals surface area contributed by atoms with Crippen LogP contribution in [0.2, 0.25) is 0 Å². The van der Waals surface area contributed by atoms with Gasteiger partial charge in [0.2, 0.25) is 10.0 Å². The fourth-order valence-electron chi connectivity index (χ4n) is 3.42. The molecule has 0 radical (unpaired) electrons. The minimum atomic E-state index is -3.56. The molecule has 3 aromatic rings. The number of esters is 1. The van der Waals surface area contributed by atoms with Gasteiger partial charge in [-0.3, -0.25) is 9.59 Å². The first-order valence-electron chi connectivity index (χ1n) is 10.4. The molecular formula is C24H26N2O5S. The summed E-state index contributed by atoms with van der Waals surface area (Å²) in [7, 11) is -3.56. The van der Waals surface area contributed by atoms with Crippen LogP contribution in [0.15, 0.2) is 71.6 Å². The molecule has 0 heterocycles. The highest BCUT2D eigenvalue weighted by atomic mass is 32.2. The second-order valence-electron chi connectivity index (χ2n) is 7.14. The van der Waals surface area contributed by atoms with E-state index in [2.05, 4.69) is 5.32 Å². The Morgan fingerprint density at radius 1 is 0.906 bits per heavy atom. The Balaban J connectivity index is 1.55. The van der Waals surface area contributed by atoms with Gasteiger partial charge in [-0.05, 0) is 40.6 Å². The topological polar surface area (TPSA) is 92.8 Å². The van der Waals surface area contributed by atoms with E-state index < -0.39 is 28.5 Å². The Morgan fingerprint density at radius 2 is 1.56 bits per heavy atom. The second-order valence-corrected chi connectivity index (χ2v) is 9.08. The summed E-state index contributed by atoms with van der Waals surface area (Å²) >= 11 is 0. The summed E-state index contributed by atoms with van der Waals surface area (Å²) in [5.74, 6) is -1.01. The predicted molar refractivity (Wildman–Crippen MR) is 124 cm³/mol. The lowest BCUT2D eigenvalue weighted by atomic mass is 10.0. The molecule has 1 amide bonds. The third-order valence-electron chi connectivity index (χ3n) is 5.06. The molecule has 0 saturated carbocycles. The lowest BCUT2D eigenvalue weighted by Gasteiger charge is -2.18. The first-order chi connectivity index (χ1) is 15.3. The molecular weight excluding hydrogens is 428 g/mol. The zero-order chi connectivity index (χ0) is 23.1. The number of hydrogen-bond donors (Lipinski definition) is 1. The van der Waals surface area contributed by atoms with Crippen LogP contribution in [0.5, 0.6) is 0 Å². The van der Waals surface area contributed by atoms with Crippen LogP contribution < -0.4 is 5.32 Å². The Labute approximate surface area is 188 Å². The molecule has 0 unspecified atom stereocenters. The number of nitrogens with one attached hydrogen (secondary N) is 1. The Morgan fingerprint density at radius 3 is 2.25 bits per heavy atom. The van der Waals surface area contributed by atoms with Gasteiger partial charge in [0, 0.05) is 18.8 Å². The summed E-state index contributed by atoms with van der Waals surface area (Å²) in [6, 6.07) is 19.3. The number of rotatable bonds is 9. The number of carbonyl (C=O) groups is 2. The van der Waals surface area contributed by atoms with Crippen molar-refractivity contribution in [3.63, 3.8) is 0 Å². The standard InChI is InChI=1S/C24H26N2O5S/c1-3-26(4-2)32(29,30)21-14-12-20(13-15-21)25-23(27)17-31-24(28)16-19-10-7-9-18-8-5-6-11-22(18)19/h5-15H,3-4,16-17H2,1-2H3,(H,25,27). The van der Waals surface area contributed by atoms with Crippen molar-refractivity contribution in [2.75, 3.05) is 25.0 Å². The first kappa shape index (κ1) is 23.4. The van der Waals surface area contributed by atoms with Crippen molar-refractivity contribution in [3.8, 4) is 0 Å². The normalized spacial score (nSPS) is 11.5. The maximum Gasteiger partial charge on any atom is 0.310 e. The third-order valence-corrected chi connectivity index (χ3v) is 7.12. The molecule has 32 heavy (non-hydrogen) atoms. The molecule has 0 spiro atoms. The molecule has 0 atom stereocenters. The van der Waals surface area contributed by atoms with Gasteiger partial charge in [0.15, 0.2) is 6.61 Å². The van der Waals surface area contributed by atoms with Gasteiger partial charge in [-0.15, -0.1) is 0 Å². The zero-order valence-electron chi connectivity index (χ0n) is 18.1. The molecule has 0 aliphatic carbocycles. The van der Waals surface area contributed by atoms with Gasteiger partial charge >= 0.3 is 5.97 Å². The number of nitrogens with zero attached hydrogens (tertiary/aromatic N) is 1. The monoisotopic (exact) mass is 454 g/mol. The highest BCUT2D eigenvalue weighted by Crippen LogP contribution is 2.20. The van der Waals surface area contributed by atoms with Crippen LogP contribution in [0, 0.1) is 0 Å². The molecule has 0 bridgehead atoms. The average molecular weight is 455 g/mol. The summed E-state index contributed by atoms with van der Waals surface area (Å²) < 4.78 is 31.5. The summed E-state index contributed by atoms with van der Waals surface area (Å²) in [5.41, 5.74) is 1.25. The number of hydrogen-bond acceptors (Lipinski definition) is 5. The molecule has 8 heteroatoms. The quantitative estimate of drug-likeness (QED) is 0.499. The Bertz CT molecular complexity index is 1200. The van der Waals surface area contributed by atoms with Gasteiger partial charge in [-0.1, -0.05) is 56.3 Å². The van der Waals surface area contributed by atoms with E-state index >= 15 is 0 Å². The highest BCUT2D eigenvalue weighted by Gasteiger charge is 2.21. The molecule has 1 N–H and O–H groups in total. The second kappa shape index (κ2) is 10.4. The zero-order valence-corrected chi connectivity index (χ0v) is 18.9. The van der Waals surface area contributed by atoms with Crippen LogP contribution in [0.1, 0.15) is 19.4 Å². The summed E-state index contributed by atoms with van der Waals surface area (Å²) in [6.07, 6.45) is 0.0621. The van der Waals surface area contributed by atoms with Crippen LogP contribution >= 0.6 is 0 Å². The summed E-state index contributed by atoms with van der Waals surface area (Å²) in [5, 5.41) is 4.60. The van der Waals surface area contributed by atoms with Crippen molar-refractivity contribution >= 4 is 38.4 Å². The largest absolute Gasteiger partial charge is 0.455 e. The van der Waals surface area contributed by atoms with E-state index in [0.29, 0.717) is 18.8 Å². The van der Waals surface area contributed by atoms with Crippen LogP contribution in [0.4, 0.5) is 5.69 Å². The predicted octanol–water partition coefficient (Wildman–Crippen LogP) is 3.59. The smallest absolute Gasteiger partial charge is 0.310 e. The van der Waals surface area contributed by atoms with Gasteiger partial charge < -0.3 is 10.1 Å². The van der Waals surface area contributed by atoms with Crippen molar-refractivity contribution < 1.29 is 22.7 Å². The molecule has 168 valence electrons. The molecule has 3 aromatic carbocycles. The molecule has 0 fully saturated rings. The molecule has 0 aliphatic rings. The van der Waals surface area contributed by atoms with Crippen LogP contribution in [0.3, 0.4) is 0 Å². The number of ether oxygens (including phenoxy) is 1. The number of carbonyl (C=O) groups excluding carboxylic acids is 2. The lowest BCUT2D eigenvalue weighted by Crippen LogP contribution is -2.30. The summed E-state index contributed by atoms with van der Waals surface area (Å²) in [6.45, 7) is 3.88. The van der Waals surface area contributed by atoms with E-state index in [1.165, 1.54) is 28.6 Å². The molecule has 3 rings (SSSR count). The SMILES string of the molecule is CCN(CC)S(=O)(=O)c1ccc(NC(=O)COC(=O)Cc2cccc3ccccc23)cc1. The summed E-state index contributed by atoms with van der Waals surface area (Å²) in [4.78, 5) is 24.5. The van der Waals surface area contributed by atoms with E-state index in [1.807, 2.05) is 42.5 Å². The molecule has 0 saturated heterocycles.